The van der Waals surface area contributed by atoms with Crippen molar-refractivity contribution < 1.29 is 9.90 Å². The second-order valence-electron chi connectivity index (χ2n) is 3.70. The van der Waals surface area contributed by atoms with Crippen molar-refractivity contribution >= 4 is 17.4 Å². The van der Waals surface area contributed by atoms with E-state index in [1.54, 1.807) is 24.3 Å². The Morgan fingerprint density at radius 3 is 2.63 bits per heavy atom. The molecule has 6 nitrogen and oxygen atoms in total. The van der Waals surface area contributed by atoms with E-state index >= 15 is 0 Å². The zero-order valence-corrected chi connectivity index (χ0v) is 10.1. The molecule has 0 saturated carbocycles. The predicted octanol–water partition coefficient (Wildman–Crippen LogP) is 1.91. The number of carboxylic acid groups (broad SMARTS) is 1. The summed E-state index contributed by atoms with van der Waals surface area (Å²) >= 11 is 0. The van der Waals surface area contributed by atoms with Gasteiger partial charge in [-0.2, -0.15) is 15.6 Å². The van der Waals surface area contributed by atoms with Crippen LogP contribution in [0.3, 0.4) is 0 Å². The lowest BCUT2D eigenvalue weighted by molar-refractivity contribution is -0.137. The van der Waals surface area contributed by atoms with Crippen LogP contribution in [0.4, 0.5) is 5.69 Å². The summed E-state index contributed by atoms with van der Waals surface area (Å²) in [6.45, 7) is 0. The van der Waals surface area contributed by atoms with E-state index < -0.39 is 5.97 Å². The van der Waals surface area contributed by atoms with Crippen molar-refractivity contribution in [2.24, 2.45) is 5.10 Å². The third-order valence-corrected chi connectivity index (χ3v) is 2.35. The van der Waals surface area contributed by atoms with Gasteiger partial charge in [-0.25, -0.2) is 0 Å². The maximum atomic E-state index is 10.5. The monoisotopic (exact) mass is 256 g/mol. The van der Waals surface area contributed by atoms with E-state index in [-0.39, 0.29) is 12.1 Å². The SMILES string of the molecule is N#CC(C#N)=NNc1ccccc1CCCC(=O)O. The number of hydrogen-bond donors (Lipinski definition) is 2. The molecule has 1 aromatic carbocycles. The van der Waals surface area contributed by atoms with Gasteiger partial charge in [0.05, 0.1) is 5.69 Å². The molecule has 0 amide bonds. The van der Waals surface area contributed by atoms with Crippen LogP contribution in [0.5, 0.6) is 0 Å². The Hall–Kier alpha value is -2.86. The number of carbonyl (C=O) groups is 1. The van der Waals surface area contributed by atoms with Gasteiger partial charge in [0.2, 0.25) is 5.71 Å². The number of para-hydroxylation sites is 1. The van der Waals surface area contributed by atoms with Crippen LogP contribution in [0, 0.1) is 22.7 Å². The highest BCUT2D eigenvalue weighted by molar-refractivity contribution is 6.10. The first-order valence-corrected chi connectivity index (χ1v) is 5.61. The molecule has 0 atom stereocenters. The summed E-state index contributed by atoms with van der Waals surface area (Å²) in [7, 11) is 0. The van der Waals surface area contributed by atoms with Gasteiger partial charge in [-0.3, -0.25) is 10.2 Å². The van der Waals surface area contributed by atoms with Crippen molar-refractivity contribution in [3.63, 3.8) is 0 Å². The highest BCUT2D eigenvalue weighted by Crippen LogP contribution is 2.17. The van der Waals surface area contributed by atoms with E-state index in [2.05, 4.69) is 10.5 Å². The maximum absolute atomic E-state index is 10.5. The molecule has 0 aliphatic rings. The normalized spacial score (nSPS) is 8.95. The van der Waals surface area contributed by atoms with Crippen LogP contribution in [0.2, 0.25) is 0 Å². The number of nitrogens with zero attached hydrogens (tertiary/aromatic N) is 3. The molecule has 0 unspecified atom stereocenters. The quantitative estimate of drug-likeness (QED) is 0.596. The third-order valence-electron chi connectivity index (χ3n) is 2.35. The Labute approximate surface area is 110 Å². The summed E-state index contributed by atoms with van der Waals surface area (Å²) < 4.78 is 0. The summed E-state index contributed by atoms with van der Waals surface area (Å²) in [5.74, 6) is -0.834. The topological polar surface area (TPSA) is 109 Å². The zero-order valence-electron chi connectivity index (χ0n) is 10.1. The van der Waals surface area contributed by atoms with Crippen molar-refractivity contribution in [1.29, 1.82) is 10.5 Å². The second kappa shape index (κ2) is 7.46. The molecule has 1 rings (SSSR count). The number of benzene rings is 1. The number of hydrogen-bond acceptors (Lipinski definition) is 5. The molecule has 2 N–H and O–H groups in total. The molecule has 0 aromatic heterocycles. The van der Waals surface area contributed by atoms with Crippen LogP contribution in [0.1, 0.15) is 18.4 Å². The molecule has 0 spiro atoms. The second-order valence-corrected chi connectivity index (χ2v) is 3.70. The summed E-state index contributed by atoms with van der Waals surface area (Å²) in [5.41, 5.74) is 3.94. The van der Waals surface area contributed by atoms with Crippen LogP contribution in [0.15, 0.2) is 29.4 Å². The van der Waals surface area contributed by atoms with Crippen LogP contribution in [-0.2, 0) is 11.2 Å². The molecule has 0 saturated heterocycles. The molecule has 0 heterocycles. The fraction of sp³-hybridized carbons (Fsp3) is 0.231. The Morgan fingerprint density at radius 2 is 2.00 bits per heavy atom. The molecule has 0 aliphatic heterocycles. The fourth-order valence-corrected chi connectivity index (χ4v) is 1.47. The number of nitriles is 2. The van der Waals surface area contributed by atoms with Gasteiger partial charge in [0.1, 0.15) is 12.1 Å². The standard InChI is InChI=1S/C13H12N4O2/c14-8-11(9-15)16-17-12-6-2-1-4-10(12)5-3-7-13(18)19/h1-2,4,6,17H,3,5,7H2,(H,18,19). The molecule has 0 fully saturated rings. The van der Waals surface area contributed by atoms with Crippen molar-refractivity contribution in [2.45, 2.75) is 19.3 Å². The fourth-order valence-electron chi connectivity index (χ4n) is 1.47. The van der Waals surface area contributed by atoms with Gasteiger partial charge in [-0.05, 0) is 24.5 Å². The van der Waals surface area contributed by atoms with Crippen LogP contribution < -0.4 is 5.43 Å². The van der Waals surface area contributed by atoms with Crippen molar-refractivity contribution in [1.82, 2.24) is 0 Å². The maximum Gasteiger partial charge on any atom is 0.303 e. The van der Waals surface area contributed by atoms with Gasteiger partial charge in [-0.1, -0.05) is 18.2 Å². The lowest BCUT2D eigenvalue weighted by Gasteiger charge is -2.07. The molecule has 0 aliphatic carbocycles. The minimum atomic E-state index is -0.834. The van der Waals surface area contributed by atoms with E-state index in [0.29, 0.717) is 18.5 Å². The highest BCUT2D eigenvalue weighted by Gasteiger charge is 2.03. The van der Waals surface area contributed by atoms with Gasteiger partial charge in [0.15, 0.2) is 0 Å². The van der Waals surface area contributed by atoms with E-state index in [9.17, 15) is 4.79 Å². The summed E-state index contributed by atoms with van der Waals surface area (Å²) in [6, 6.07) is 10.5. The first kappa shape index (κ1) is 14.2. The summed E-state index contributed by atoms with van der Waals surface area (Å²) in [5, 5.41) is 29.4. The molecule has 96 valence electrons. The van der Waals surface area contributed by atoms with Crippen LogP contribution in [0.25, 0.3) is 0 Å². The van der Waals surface area contributed by atoms with E-state index in [1.165, 1.54) is 0 Å². The Kier molecular flexibility index (Phi) is 5.58. The third kappa shape index (κ3) is 4.88. The minimum Gasteiger partial charge on any atom is -0.481 e. The summed E-state index contributed by atoms with van der Waals surface area (Å²) in [6.07, 6.45) is 1.19. The zero-order chi connectivity index (χ0) is 14.1. The number of hydrazone groups is 1. The number of aryl methyl sites for hydroxylation is 1. The largest absolute Gasteiger partial charge is 0.481 e. The Bertz CT molecular complexity index is 551. The number of aliphatic carboxylic acids is 1. The number of carboxylic acids is 1. The van der Waals surface area contributed by atoms with Gasteiger partial charge in [0, 0.05) is 6.42 Å². The smallest absolute Gasteiger partial charge is 0.303 e. The number of rotatable bonds is 6. The van der Waals surface area contributed by atoms with Crippen molar-refractivity contribution in [2.75, 3.05) is 5.43 Å². The van der Waals surface area contributed by atoms with Crippen molar-refractivity contribution in [3.8, 4) is 12.1 Å². The molecular formula is C13H12N4O2. The van der Waals surface area contributed by atoms with E-state index in [4.69, 9.17) is 15.6 Å². The minimum absolute atomic E-state index is 0.0965. The lowest BCUT2D eigenvalue weighted by atomic mass is 10.1. The summed E-state index contributed by atoms with van der Waals surface area (Å²) in [4.78, 5) is 10.5. The highest BCUT2D eigenvalue weighted by atomic mass is 16.4. The number of anilines is 1. The van der Waals surface area contributed by atoms with Gasteiger partial charge in [-0.15, -0.1) is 0 Å². The van der Waals surface area contributed by atoms with Crippen LogP contribution >= 0.6 is 0 Å². The molecule has 0 radical (unpaired) electrons. The van der Waals surface area contributed by atoms with Gasteiger partial charge < -0.3 is 5.11 Å². The lowest BCUT2D eigenvalue weighted by Crippen LogP contribution is -2.01. The van der Waals surface area contributed by atoms with Crippen LogP contribution in [-0.4, -0.2) is 16.8 Å². The molecular weight excluding hydrogens is 244 g/mol. The molecule has 0 bridgehead atoms. The number of nitrogens with one attached hydrogen (secondary N) is 1. The Balaban J connectivity index is 2.74. The molecule has 19 heavy (non-hydrogen) atoms. The average Bonchev–Trinajstić information content (AvgIpc) is 2.41. The average molecular weight is 256 g/mol. The van der Waals surface area contributed by atoms with E-state index in [1.807, 2.05) is 12.1 Å². The first-order chi connectivity index (χ1) is 9.17. The molecule has 6 heteroatoms. The van der Waals surface area contributed by atoms with E-state index in [0.717, 1.165) is 5.56 Å². The van der Waals surface area contributed by atoms with Gasteiger partial charge in [0.25, 0.3) is 0 Å². The predicted molar refractivity (Wildman–Crippen MR) is 69.3 cm³/mol. The Morgan fingerprint density at radius 1 is 1.32 bits per heavy atom. The molecule has 1 aromatic rings. The first-order valence-electron chi connectivity index (χ1n) is 5.61. The van der Waals surface area contributed by atoms with Crippen molar-refractivity contribution in [3.05, 3.63) is 29.8 Å². The van der Waals surface area contributed by atoms with Gasteiger partial charge >= 0.3 is 5.97 Å².